The molecule has 0 radical (unpaired) electrons. The minimum absolute atomic E-state index is 0.885. The molecule has 0 aliphatic rings. The van der Waals surface area contributed by atoms with Gasteiger partial charge in [-0.05, 0) is 84.6 Å². The van der Waals surface area contributed by atoms with Crippen LogP contribution >= 0.6 is 0 Å². The van der Waals surface area contributed by atoms with E-state index in [-0.39, 0.29) is 0 Å². The van der Waals surface area contributed by atoms with Crippen LogP contribution in [0.3, 0.4) is 0 Å². The highest BCUT2D eigenvalue weighted by Crippen LogP contribution is 2.20. The van der Waals surface area contributed by atoms with Crippen LogP contribution in [-0.2, 0) is 0 Å². The van der Waals surface area contributed by atoms with Gasteiger partial charge in [-0.25, -0.2) is 9.97 Å². The molecule has 0 saturated heterocycles. The quantitative estimate of drug-likeness (QED) is 0.294. The fraction of sp³-hybridized carbons (Fsp3) is 0.0714. The van der Waals surface area contributed by atoms with E-state index >= 15 is 0 Å². The standard InChI is InChI=1S/C28H24N6/c1-21-15-23(3-9-27(21)33-13-11-29-19-33)17-31-25-5-7-26(8-6-25)32-18-24-4-10-28(22(2)16-24)34-14-12-30-20-34/h3-20H,1-2H3/b31-17+,32-18+. The number of rotatable bonds is 6. The second kappa shape index (κ2) is 9.50. The lowest BCUT2D eigenvalue weighted by Gasteiger charge is -2.07. The van der Waals surface area contributed by atoms with Gasteiger partial charge in [-0.15, -0.1) is 0 Å². The van der Waals surface area contributed by atoms with Crippen molar-refractivity contribution in [2.24, 2.45) is 9.98 Å². The number of nitrogens with zero attached hydrogens (tertiary/aromatic N) is 6. The summed E-state index contributed by atoms with van der Waals surface area (Å²) in [6, 6.07) is 20.4. The topological polar surface area (TPSA) is 60.4 Å². The minimum Gasteiger partial charge on any atom is -0.306 e. The maximum Gasteiger partial charge on any atom is 0.0991 e. The number of aromatic nitrogens is 4. The molecule has 2 aromatic heterocycles. The van der Waals surface area contributed by atoms with Crippen molar-refractivity contribution in [1.82, 2.24) is 19.1 Å². The van der Waals surface area contributed by atoms with Gasteiger partial charge in [0.05, 0.1) is 24.0 Å². The number of aliphatic imine (C=N–C) groups is 2. The SMILES string of the molecule is Cc1cc(/C=N/c2ccc(/N=C/c3ccc(-n4ccnc4)c(C)c3)cc2)ccc1-n1ccnc1. The van der Waals surface area contributed by atoms with E-state index in [4.69, 9.17) is 0 Å². The molecule has 34 heavy (non-hydrogen) atoms. The number of imidazole rings is 2. The Bertz CT molecular complexity index is 1330. The number of hydrogen-bond donors (Lipinski definition) is 0. The molecule has 3 aromatic carbocycles. The van der Waals surface area contributed by atoms with Crippen LogP contribution < -0.4 is 0 Å². The Kier molecular flexibility index (Phi) is 5.95. The molecule has 0 aliphatic heterocycles. The highest BCUT2D eigenvalue weighted by molar-refractivity contribution is 5.84. The van der Waals surface area contributed by atoms with Gasteiger partial charge in [0.2, 0.25) is 0 Å². The molecule has 5 aromatic rings. The first kappa shape index (κ1) is 21.3. The van der Waals surface area contributed by atoms with Crippen molar-refractivity contribution in [2.45, 2.75) is 13.8 Å². The second-order valence-electron chi connectivity index (χ2n) is 8.06. The molecule has 0 bridgehead atoms. The third kappa shape index (κ3) is 4.76. The zero-order chi connectivity index (χ0) is 23.3. The van der Waals surface area contributed by atoms with Crippen LogP contribution in [0.25, 0.3) is 11.4 Å². The van der Waals surface area contributed by atoms with E-state index < -0.39 is 0 Å². The average molecular weight is 445 g/mol. The van der Waals surface area contributed by atoms with Gasteiger partial charge in [-0.1, -0.05) is 12.1 Å². The molecule has 0 fully saturated rings. The normalized spacial score (nSPS) is 11.6. The summed E-state index contributed by atoms with van der Waals surface area (Å²) in [7, 11) is 0. The minimum atomic E-state index is 0.885. The molecule has 0 atom stereocenters. The highest BCUT2D eigenvalue weighted by atomic mass is 15.0. The van der Waals surface area contributed by atoms with Crippen LogP contribution in [0, 0.1) is 13.8 Å². The first-order valence-electron chi connectivity index (χ1n) is 11.0. The molecule has 5 rings (SSSR count). The van der Waals surface area contributed by atoms with Gasteiger partial charge in [0.15, 0.2) is 0 Å². The largest absolute Gasteiger partial charge is 0.306 e. The Morgan fingerprint density at radius 2 is 1.06 bits per heavy atom. The van der Waals surface area contributed by atoms with E-state index in [2.05, 4.69) is 70.2 Å². The van der Waals surface area contributed by atoms with Crippen molar-refractivity contribution in [1.29, 1.82) is 0 Å². The molecule has 0 N–H and O–H groups in total. The predicted molar refractivity (Wildman–Crippen MR) is 138 cm³/mol. The fourth-order valence-corrected chi connectivity index (χ4v) is 3.82. The van der Waals surface area contributed by atoms with Gasteiger partial charge < -0.3 is 9.13 Å². The van der Waals surface area contributed by atoms with E-state index in [0.717, 1.165) is 33.9 Å². The Hall–Kier alpha value is -4.58. The van der Waals surface area contributed by atoms with Crippen molar-refractivity contribution in [3.8, 4) is 11.4 Å². The summed E-state index contributed by atoms with van der Waals surface area (Å²) >= 11 is 0. The molecule has 166 valence electrons. The molecule has 0 spiro atoms. The zero-order valence-electron chi connectivity index (χ0n) is 19.1. The number of aryl methyl sites for hydroxylation is 2. The Balaban J connectivity index is 1.25. The first-order chi connectivity index (χ1) is 16.7. The van der Waals surface area contributed by atoms with Gasteiger partial charge in [-0.3, -0.25) is 9.98 Å². The van der Waals surface area contributed by atoms with Crippen molar-refractivity contribution in [3.05, 3.63) is 120 Å². The average Bonchev–Trinajstić information content (AvgIpc) is 3.57. The third-order valence-electron chi connectivity index (χ3n) is 5.58. The molecule has 0 amide bonds. The second-order valence-corrected chi connectivity index (χ2v) is 8.06. The van der Waals surface area contributed by atoms with Gasteiger partial charge in [0.25, 0.3) is 0 Å². The smallest absolute Gasteiger partial charge is 0.0991 e. The lowest BCUT2D eigenvalue weighted by atomic mass is 10.1. The van der Waals surface area contributed by atoms with Crippen molar-refractivity contribution in [2.75, 3.05) is 0 Å². The molecule has 0 aliphatic carbocycles. The van der Waals surface area contributed by atoms with Crippen molar-refractivity contribution >= 4 is 23.8 Å². The molecular formula is C28H24N6. The summed E-state index contributed by atoms with van der Waals surface area (Å²) in [5.41, 5.74) is 8.44. The summed E-state index contributed by atoms with van der Waals surface area (Å²) < 4.78 is 4.01. The monoisotopic (exact) mass is 444 g/mol. The van der Waals surface area contributed by atoms with Crippen molar-refractivity contribution in [3.63, 3.8) is 0 Å². The summed E-state index contributed by atoms with van der Waals surface area (Å²) in [5, 5.41) is 0. The van der Waals surface area contributed by atoms with E-state index in [1.165, 1.54) is 11.1 Å². The highest BCUT2D eigenvalue weighted by Gasteiger charge is 2.02. The molecule has 6 heteroatoms. The lowest BCUT2D eigenvalue weighted by molar-refractivity contribution is 1.04. The van der Waals surface area contributed by atoms with Crippen LogP contribution in [0.4, 0.5) is 11.4 Å². The molecule has 0 saturated carbocycles. The summed E-state index contributed by atoms with van der Waals surface area (Å²) in [6.45, 7) is 4.18. The molecule has 6 nitrogen and oxygen atoms in total. The first-order valence-corrected chi connectivity index (χ1v) is 11.0. The Morgan fingerprint density at radius 3 is 1.41 bits per heavy atom. The van der Waals surface area contributed by atoms with Gasteiger partial charge >= 0.3 is 0 Å². The van der Waals surface area contributed by atoms with Gasteiger partial charge in [-0.2, -0.15) is 0 Å². The summed E-state index contributed by atoms with van der Waals surface area (Å²) in [4.78, 5) is 17.5. The van der Waals surface area contributed by atoms with Crippen LogP contribution in [-0.4, -0.2) is 31.5 Å². The number of hydrogen-bond acceptors (Lipinski definition) is 4. The Labute approximate surface area is 198 Å². The summed E-state index contributed by atoms with van der Waals surface area (Å²) in [5.74, 6) is 0. The van der Waals surface area contributed by atoms with Crippen LogP contribution in [0.1, 0.15) is 22.3 Å². The van der Waals surface area contributed by atoms with Crippen LogP contribution in [0.5, 0.6) is 0 Å². The number of benzene rings is 3. The fourth-order valence-electron chi connectivity index (χ4n) is 3.82. The van der Waals surface area contributed by atoms with Gasteiger partial charge in [0, 0.05) is 48.6 Å². The van der Waals surface area contributed by atoms with E-state index in [9.17, 15) is 0 Å². The van der Waals surface area contributed by atoms with E-state index in [0.29, 0.717) is 0 Å². The lowest BCUT2D eigenvalue weighted by Crippen LogP contribution is -1.95. The molecule has 2 heterocycles. The zero-order valence-corrected chi connectivity index (χ0v) is 19.1. The van der Waals surface area contributed by atoms with E-state index in [1.54, 1.807) is 25.0 Å². The van der Waals surface area contributed by atoms with Crippen molar-refractivity contribution < 1.29 is 0 Å². The third-order valence-corrected chi connectivity index (χ3v) is 5.58. The molecule has 0 unspecified atom stereocenters. The molecular weight excluding hydrogens is 420 g/mol. The van der Waals surface area contributed by atoms with E-state index in [1.807, 2.05) is 58.2 Å². The maximum atomic E-state index is 4.61. The van der Waals surface area contributed by atoms with Crippen LogP contribution in [0.2, 0.25) is 0 Å². The predicted octanol–water partition coefficient (Wildman–Crippen LogP) is 6.18. The van der Waals surface area contributed by atoms with Gasteiger partial charge in [0.1, 0.15) is 0 Å². The van der Waals surface area contributed by atoms with Crippen LogP contribution in [0.15, 0.2) is 108 Å². The summed E-state index contributed by atoms with van der Waals surface area (Å²) in [6.07, 6.45) is 14.8. The Morgan fingerprint density at radius 1 is 0.618 bits per heavy atom. The maximum absolute atomic E-state index is 4.61.